The molecule has 0 saturated carbocycles. The Morgan fingerprint density at radius 3 is 2.12 bits per heavy atom. The number of hydrogen-bond donors (Lipinski definition) is 4. The van der Waals surface area contributed by atoms with Crippen LogP contribution in [0.15, 0.2) is 18.2 Å². The zero-order chi connectivity index (χ0) is 19.0. The van der Waals surface area contributed by atoms with Gasteiger partial charge in [-0.3, -0.25) is 9.11 Å². The number of sulfonamides is 1. The topological polar surface area (TPSA) is 150 Å². The van der Waals surface area contributed by atoms with Crippen molar-refractivity contribution in [3.8, 4) is 0 Å². The van der Waals surface area contributed by atoms with Crippen LogP contribution in [0.4, 0.5) is 11.4 Å². The molecule has 0 spiro atoms. The van der Waals surface area contributed by atoms with Gasteiger partial charge in [0, 0.05) is 31.0 Å². The third-order valence-electron chi connectivity index (χ3n) is 3.04. The Kier molecular flexibility index (Phi) is 9.22. The van der Waals surface area contributed by atoms with E-state index in [4.69, 9.17) is 23.3 Å². The average Bonchev–Trinajstić information content (AvgIpc) is 2.42. The van der Waals surface area contributed by atoms with Gasteiger partial charge in [0.05, 0.1) is 6.26 Å². The number of likely N-dealkylation sites (N-methyl/N-ethyl adjacent to an activating group) is 1. The van der Waals surface area contributed by atoms with Gasteiger partial charge in [0.15, 0.2) is 0 Å². The van der Waals surface area contributed by atoms with Gasteiger partial charge >= 0.3 is 10.4 Å². The van der Waals surface area contributed by atoms with Gasteiger partial charge in [0.1, 0.15) is 0 Å². The van der Waals surface area contributed by atoms with Crippen molar-refractivity contribution in [3.63, 3.8) is 0 Å². The fourth-order valence-corrected chi connectivity index (χ4v) is 2.80. The van der Waals surface area contributed by atoms with E-state index in [9.17, 15) is 8.42 Å². The fourth-order valence-electron chi connectivity index (χ4n) is 1.91. The summed E-state index contributed by atoms with van der Waals surface area (Å²) in [5.41, 5.74) is 8.70. The Bertz CT molecular complexity index is 711. The molecule has 1 rings (SSSR count). The molecule has 5 N–H and O–H groups in total. The lowest BCUT2D eigenvalue weighted by atomic mass is 10.1. The number of hydrogen-bond acceptors (Lipinski definition) is 6. The molecule has 0 aliphatic heterocycles. The van der Waals surface area contributed by atoms with Crippen molar-refractivity contribution in [2.75, 3.05) is 36.9 Å². The molecule has 0 saturated heterocycles. The molecule has 0 fully saturated rings. The number of nitrogens with zero attached hydrogens (tertiary/aromatic N) is 1. The van der Waals surface area contributed by atoms with Gasteiger partial charge in [0.25, 0.3) is 0 Å². The summed E-state index contributed by atoms with van der Waals surface area (Å²) >= 11 is 0. The van der Waals surface area contributed by atoms with E-state index < -0.39 is 20.4 Å². The highest BCUT2D eigenvalue weighted by Gasteiger charge is 2.13. The van der Waals surface area contributed by atoms with Crippen molar-refractivity contribution in [3.05, 3.63) is 23.8 Å². The molecule has 0 bridgehead atoms. The summed E-state index contributed by atoms with van der Waals surface area (Å²) in [6.45, 7) is 5.41. The fraction of sp³-hybridized carbons (Fsp3) is 0.538. The smallest absolute Gasteiger partial charge is 0.394 e. The van der Waals surface area contributed by atoms with Crippen LogP contribution in [0.1, 0.15) is 19.4 Å². The van der Waals surface area contributed by atoms with Gasteiger partial charge in [-0.05, 0) is 30.2 Å². The minimum Gasteiger partial charge on any atom is -0.399 e. The number of aryl methyl sites for hydroxylation is 1. The van der Waals surface area contributed by atoms with E-state index in [0.29, 0.717) is 19.6 Å². The first-order chi connectivity index (χ1) is 10.9. The van der Waals surface area contributed by atoms with Crippen LogP contribution in [0, 0.1) is 0 Å². The van der Waals surface area contributed by atoms with Crippen LogP contribution in [-0.4, -0.2) is 56.1 Å². The average molecular weight is 383 g/mol. The Balaban J connectivity index is 0.000000922. The minimum atomic E-state index is -4.67. The maximum Gasteiger partial charge on any atom is 0.394 e. The molecule has 0 heterocycles. The molecule has 0 aliphatic carbocycles. The quantitative estimate of drug-likeness (QED) is 0.400. The number of nitrogen functional groups attached to an aromatic ring is 1. The highest BCUT2D eigenvalue weighted by Crippen LogP contribution is 2.18. The lowest BCUT2D eigenvalue weighted by Gasteiger charge is -2.18. The largest absolute Gasteiger partial charge is 0.399 e. The van der Waals surface area contributed by atoms with Crippen molar-refractivity contribution in [2.45, 2.75) is 20.3 Å². The van der Waals surface area contributed by atoms with E-state index in [1.165, 1.54) is 10.6 Å². The van der Waals surface area contributed by atoms with Gasteiger partial charge in [-0.15, -0.1) is 0 Å². The molecule has 0 aromatic heterocycles. The van der Waals surface area contributed by atoms with E-state index in [1.807, 2.05) is 25.1 Å². The Morgan fingerprint density at radius 2 is 1.71 bits per heavy atom. The van der Waals surface area contributed by atoms with Gasteiger partial charge in [0.2, 0.25) is 10.0 Å². The van der Waals surface area contributed by atoms with Crippen molar-refractivity contribution >= 4 is 31.8 Å². The lowest BCUT2D eigenvalue weighted by molar-refractivity contribution is 0.381. The maximum atomic E-state index is 11.4. The summed E-state index contributed by atoms with van der Waals surface area (Å²) in [5, 5.41) is 3.22. The zero-order valence-corrected chi connectivity index (χ0v) is 15.6. The van der Waals surface area contributed by atoms with Crippen LogP contribution in [0.5, 0.6) is 0 Å². The molecule has 1 aromatic carbocycles. The minimum absolute atomic E-state index is 0.459. The maximum absolute atomic E-state index is 11.4. The molecule has 0 radical (unpaired) electrons. The Labute approximate surface area is 143 Å². The van der Waals surface area contributed by atoms with Crippen molar-refractivity contribution in [1.29, 1.82) is 0 Å². The molecule has 140 valence electrons. The van der Waals surface area contributed by atoms with Crippen molar-refractivity contribution < 1.29 is 25.9 Å². The Hall–Kier alpha value is -1.40. The third-order valence-corrected chi connectivity index (χ3v) is 4.41. The summed E-state index contributed by atoms with van der Waals surface area (Å²) in [6.07, 6.45) is 2.11. The number of benzene rings is 1. The molecule has 24 heavy (non-hydrogen) atoms. The molecule has 1 aromatic rings. The number of nitrogens with one attached hydrogen (secondary N) is 1. The number of nitrogens with two attached hydrogens (primary N) is 1. The second-order valence-electron chi connectivity index (χ2n) is 4.90. The highest BCUT2D eigenvalue weighted by molar-refractivity contribution is 7.88. The predicted molar refractivity (Wildman–Crippen MR) is 95.0 cm³/mol. The highest BCUT2D eigenvalue weighted by atomic mass is 32.3. The van der Waals surface area contributed by atoms with Gasteiger partial charge in [-0.1, -0.05) is 13.8 Å². The normalized spacial score (nSPS) is 11.8. The van der Waals surface area contributed by atoms with Crippen molar-refractivity contribution in [2.24, 2.45) is 0 Å². The molecule has 11 heteroatoms. The van der Waals surface area contributed by atoms with Crippen LogP contribution in [0.25, 0.3) is 0 Å². The van der Waals surface area contributed by atoms with E-state index in [2.05, 4.69) is 12.2 Å². The molecular formula is C13H25N3O6S2. The van der Waals surface area contributed by atoms with Crippen molar-refractivity contribution in [1.82, 2.24) is 4.31 Å². The molecule has 0 unspecified atom stereocenters. The first kappa shape index (κ1) is 22.6. The second-order valence-corrected chi connectivity index (χ2v) is 7.77. The summed E-state index contributed by atoms with van der Waals surface area (Å²) in [6, 6.07) is 5.78. The van der Waals surface area contributed by atoms with Crippen LogP contribution < -0.4 is 11.1 Å². The SMILES string of the molecule is CCc1cc(NCCN(CC)S(C)(=O)=O)ccc1N.O=S(=O)(O)O. The second kappa shape index (κ2) is 9.79. The molecule has 9 nitrogen and oxygen atoms in total. The first-order valence-corrected chi connectivity index (χ1v) is 10.4. The van der Waals surface area contributed by atoms with Gasteiger partial charge < -0.3 is 11.1 Å². The summed E-state index contributed by atoms with van der Waals surface area (Å²) in [5.74, 6) is 0. The van der Waals surface area contributed by atoms with Crippen LogP contribution in [0.3, 0.4) is 0 Å². The van der Waals surface area contributed by atoms with Gasteiger partial charge in [-0.25, -0.2) is 12.7 Å². The lowest BCUT2D eigenvalue weighted by Crippen LogP contribution is -2.33. The predicted octanol–water partition coefficient (Wildman–Crippen LogP) is 0.872. The van der Waals surface area contributed by atoms with Crippen LogP contribution in [-0.2, 0) is 26.8 Å². The van der Waals surface area contributed by atoms with Crippen LogP contribution in [0.2, 0.25) is 0 Å². The zero-order valence-electron chi connectivity index (χ0n) is 13.9. The summed E-state index contributed by atoms with van der Waals surface area (Å²) < 4.78 is 55.9. The molecule has 0 aliphatic rings. The third kappa shape index (κ3) is 10.4. The van der Waals surface area contributed by atoms with E-state index >= 15 is 0 Å². The standard InChI is InChI=1S/C13H23N3O2S.H2O4S/c1-4-11-10-12(6-7-13(11)14)15-8-9-16(5-2)19(3,17)18;1-5(2,3)4/h6-7,10,15H,4-5,8-9,14H2,1-3H3;(H2,1,2,3,4). The van der Waals surface area contributed by atoms with Gasteiger partial charge in [-0.2, -0.15) is 8.42 Å². The monoisotopic (exact) mass is 383 g/mol. The molecule has 0 amide bonds. The number of rotatable bonds is 7. The molecular weight excluding hydrogens is 358 g/mol. The van der Waals surface area contributed by atoms with Crippen LogP contribution >= 0.6 is 0 Å². The number of anilines is 2. The van der Waals surface area contributed by atoms with E-state index in [0.717, 1.165) is 23.4 Å². The molecule has 0 atom stereocenters. The summed E-state index contributed by atoms with van der Waals surface area (Å²) in [7, 11) is -7.78. The summed E-state index contributed by atoms with van der Waals surface area (Å²) in [4.78, 5) is 0. The van der Waals surface area contributed by atoms with E-state index in [-0.39, 0.29) is 0 Å². The Morgan fingerprint density at radius 1 is 1.17 bits per heavy atom. The van der Waals surface area contributed by atoms with E-state index in [1.54, 1.807) is 0 Å². The first-order valence-electron chi connectivity index (χ1n) is 7.15.